The Morgan fingerprint density at radius 1 is 1.00 bits per heavy atom. The molecule has 28 heavy (non-hydrogen) atoms. The second-order valence-electron chi connectivity index (χ2n) is 7.45. The zero-order chi connectivity index (χ0) is 19.7. The van der Waals surface area contributed by atoms with Crippen LogP contribution in [0.25, 0.3) is 10.8 Å². The van der Waals surface area contributed by atoms with Crippen LogP contribution in [0.3, 0.4) is 0 Å². The Balaban J connectivity index is 1.76. The van der Waals surface area contributed by atoms with Crippen molar-refractivity contribution in [3.8, 4) is 0 Å². The predicted molar refractivity (Wildman–Crippen MR) is 113 cm³/mol. The number of hydrogen-bond donors (Lipinski definition) is 2. The smallest absolute Gasteiger partial charge is 0.226 e. The van der Waals surface area contributed by atoms with Crippen molar-refractivity contribution >= 4 is 34.0 Å². The standard InChI is InChI=1S/C20H26N8/c1-27(2)16-12-24-19(15-6-5-8-21-15)13-10-18(23-11-14(13)16)25-17-7-9-22-20(26-17)28(3)4/h7,9-12,15,21H,5-6,8H2,1-4H3,(H,22,23,25,26). The number of rotatable bonds is 5. The molecule has 2 N–H and O–H groups in total. The highest BCUT2D eigenvalue weighted by molar-refractivity contribution is 5.96. The second-order valence-corrected chi connectivity index (χ2v) is 7.45. The Bertz CT molecular complexity index is 979. The van der Waals surface area contributed by atoms with E-state index in [0.717, 1.165) is 40.9 Å². The van der Waals surface area contributed by atoms with E-state index in [9.17, 15) is 0 Å². The van der Waals surface area contributed by atoms with Crippen LogP contribution in [0.2, 0.25) is 0 Å². The van der Waals surface area contributed by atoms with Crippen LogP contribution < -0.4 is 20.4 Å². The topological polar surface area (TPSA) is 82.1 Å². The van der Waals surface area contributed by atoms with Crippen molar-refractivity contribution in [1.29, 1.82) is 0 Å². The fraction of sp³-hybridized carbons (Fsp3) is 0.400. The summed E-state index contributed by atoms with van der Waals surface area (Å²) in [5.41, 5.74) is 2.15. The van der Waals surface area contributed by atoms with E-state index < -0.39 is 0 Å². The average Bonchev–Trinajstić information content (AvgIpc) is 3.21. The van der Waals surface area contributed by atoms with Crippen LogP contribution in [0, 0.1) is 0 Å². The van der Waals surface area contributed by atoms with E-state index in [-0.39, 0.29) is 6.04 Å². The molecule has 1 aliphatic rings. The monoisotopic (exact) mass is 378 g/mol. The van der Waals surface area contributed by atoms with Gasteiger partial charge < -0.3 is 20.4 Å². The van der Waals surface area contributed by atoms with Gasteiger partial charge in [-0.25, -0.2) is 9.97 Å². The molecule has 3 aromatic rings. The van der Waals surface area contributed by atoms with Crippen LogP contribution in [-0.2, 0) is 0 Å². The molecule has 8 nitrogen and oxygen atoms in total. The lowest BCUT2D eigenvalue weighted by atomic mass is 10.0. The fourth-order valence-electron chi connectivity index (χ4n) is 3.53. The van der Waals surface area contributed by atoms with E-state index in [4.69, 9.17) is 4.98 Å². The molecular formula is C20H26N8. The predicted octanol–water partition coefficient (Wildman–Crippen LogP) is 2.72. The van der Waals surface area contributed by atoms with Crippen LogP contribution in [0.1, 0.15) is 24.6 Å². The normalized spacial score (nSPS) is 16.4. The summed E-state index contributed by atoms with van der Waals surface area (Å²) in [5.74, 6) is 2.11. The molecule has 0 aliphatic carbocycles. The molecule has 0 aromatic carbocycles. The van der Waals surface area contributed by atoms with E-state index in [1.807, 2.05) is 51.6 Å². The number of aromatic nitrogens is 4. The zero-order valence-electron chi connectivity index (χ0n) is 16.8. The van der Waals surface area contributed by atoms with Gasteiger partial charge in [0.1, 0.15) is 11.6 Å². The van der Waals surface area contributed by atoms with Crippen LogP contribution in [0.15, 0.2) is 30.7 Å². The molecule has 1 aliphatic heterocycles. The van der Waals surface area contributed by atoms with Crippen molar-refractivity contribution in [3.05, 3.63) is 36.4 Å². The van der Waals surface area contributed by atoms with Crippen molar-refractivity contribution in [2.75, 3.05) is 49.9 Å². The maximum atomic E-state index is 4.80. The molecule has 1 unspecified atom stereocenters. The van der Waals surface area contributed by atoms with E-state index in [1.165, 1.54) is 6.42 Å². The zero-order valence-corrected chi connectivity index (χ0v) is 16.8. The number of pyridine rings is 2. The lowest BCUT2D eigenvalue weighted by molar-refractivity contribution is 0.634. The molecule has 3 aromatic heterocycles. The number of hydrogen-bond acceptors (Lipinski definition) is 8. The Morgan fingerprint density at radius 3 is 2.57 bits per heavy atom. The summed E-state index contributed by atoms with van der Waals surface area (Å²) >= 11 is 0. The lowest BCUT2D eigenvalue weighted by Gasteiger charge is -2.19. The first-order valence-electron chi connectivity index (χ1n) is 9.49. The van der Waals surface area contributed by atoms with Crippen molar-refractivity contribution in [2.45, 2.75) is 18.9 Å². The van der Waals surface area contributed by atoms with E-state index in [1.54, 1.807) is 6.20 Å². The summed E-state index contributed by atoms with van der Waals surface area (Å²) in [6.45, 7) is 1.04. The molecule has 146 valence electrons. The SMILES string of the molecule is CN(C)c1nccc(Nc2cc3c(C4CCCN4)ncc(N(C)C)c3cn2)n1. The Labute approximate surface area is 165 Å². The van der Waals surface area contributed by atoms with Gasteiger partial charge in [0.2, 0.25) is 5.95 Å². The highest BCUT2D eigenvalue weighted by Gasteiger charge is 2.21. The van der Waals surface area contributed by atoms with Crippen LogP contribution in [0.4, 0.5) is 23.3 Å². The second kappa shape index (κ2) is 7.55. The molecule has 0 saturated carbocycles. The van der Waals surface area contributed by atoms with Crippen molar-refractivity contribution in [3.63, 3.8) is 0 Å². The minimum atomic E-state index is 0.286. The summed E-state index contributed by atoms with van der Waals surface area (Å²) in [4.78, 5) is 22.2. The van der Waals surface area contributed by atoms with Gasteiger partial charge in [-0.15, -0.1) is 0 Å². The molecule has 0 radical (unpaired) electrons. The molecule has 1 atom stereocenters. The molecule has 0 bridgehead atoms. The highest BCUT2D eigenvalue weighted by Crippen LogP contribution is 2.33. The summed E-state index contributed by atoms with van der Waals surface area (Å²) in [6.07, 6.45) is 7.88. The van der Waals surface area contributed by atoms with Crippen molar-refractivity contribution in [2.24, 2.45) is 0 Å². The Kier molecular flexibility index (Phi) is 4.95. The van der Waals surface area contributed by atoms with Gasteiger partial charge in [0.15, 0.2) is 0 Å². The third-order valence-corrected chi connectivity index (χ3v) is 4.95. The molecule has 1 fully saturated rings. The lowest BCUT2D eigenvalue weighted by Crippen LogP contribution is -2.16. The van der Waals surface area contributed by atoms with Gasteiger partial charge in [-0.1, -0.05) is 0 Å². The number of nitrogens with one attached hydrogen (secondary N) is 2. The highest BCUT2D eigenvalue weighted by atomic mass is 15.2. The van der Waals surface area contributed by atoms with Gasteiger partial charge in [-0.05, 0) is 31.5 Å². The summed E-state index contributed by atoms with van der Waals surface area (Å²) in [7, 11) is 7.89. The first-order valence-corrected chi connectivity index (χ1v) is 9.49. The van der Waals surface area contributed by atoms with Gasteiger partial charge in [0.25, 0.3) is 0 Å². The van der Waals surface area contributed by atoms with Crippen molar-refractivity contribution in [1.82, 2.24) is 25.3 Å². The Morgan fingerprint density at radius 2 is 1.86 bits per heavy atom. The average molecular weight is 378 g/mol. The molecule has 4 heterocycles. The minimum Gasteiger partial charge on any atom is -0.376 e. The first kappa shape index (κ1) is 18.4. The summed E-state index contributed by atoms with van der Waals surface area (Å²) in [5, 5.41) is 9.09. The van der Waals surface area contributed by atoms with Crippen LogP contribution >= 0.6 is 0 Å². The summed E-state index contributed by atoms with van der Waals surface area (Å²) in [6, 6.07) is 4.20. The molecular weight excluding hydrogens is 352 g/mol. The first-order chi connectivity index (χ1) is 13.5. The van der Waals surface area contributed by atoms with E-state index in [2.05, 4.69) is 36.6 Å². The van der Waals surface area contributed by atoms with Gasteiger partial charge >= 0.3 is 0 Å². The quantitative estimate of drug-likeness (QED) is 0.701. The molecule has 8 heteroatoms. The van der Waals surface area contributed by atoms with Crippen LogP contribution in [0.5, 0.6) is 0 Å². The maximum absolute atomic E-state index is 4.80. The van der Waals surface area contributed by atoms with Crippen molar-refractivity contribution < 1.29 is 0 Å². The molecule has 1 saturated heterocycles. The van der Waals surface area contributed by atoms with Crippen LogP contribution in [-0.4, -0.2) is 54.7 Å². The molecule has 0 amide bonds. The third-order valence-electron chi connectivity index (χ3n) is 4.95. The molecule has 4 rings (SSSR count). The van der Waals surface area contributed by atoms with Gasteiger partial charge in [0, 0.05) is 51.4 Å². The van der Waals surface area contributed by atoms with Gasteiger partial charge in [0.05, 0.1) is 23.6 Å². The third kappa shape index (κ3) is 3.55. The van der Waals surface area contributed by atoms with E-state index in [0.29, 0.717) is 11.8 Å². The van der Waals surface area contributed by atoms with E-state index >= 15 is 0 Å². The maximum Gasteiger partial charge on any atom is 0.226 e. The minimum absolute atomic E-state index is 0.286. The number of anilines is 4. The van der Waals surface area contributed by atoms with Gasteiger partial charge in [-0.3, -0.25) is 4.98 Å². The number of fused-ring (bicyclic) bond motifs is 1. The fourth-order valence-corrected chi connectivity index (χ4v) is 3.53. The number of nitrogens with zero attached hydrogens (tertiary/aromatic N) is 6. The van der Waals surface area contributed by atoms with Gasteiger partial charge in [-0.2, -0.15) is 4.98 Å². The molecule has 0 spiro atoms. The Hall–Kier alpha value is -3.00. The summed E-state index contributed by atoms with van der Waals surface area (Å²) < 4.78 is 0. The largest absolute Gasteiger partial charge is 0.376 e.